The van der Waals surface area contributed by atoms with E-state index in [-0.39, 0.29) is 13.2 Å². The van der Waals surface area contributed by atoms with Gasteiger partial charge in [0.2, 0.25) is 6.10 Å². The van der Waals surface area contributed by atoms with Gasteiger partial charge in [-0.1, -0.05) is 6.08 Å². The zero-order valence-corrected chi connectivity index (χ0v) is 8.70. The summed E-state index contributed by atoms with van der Waals surface area (Å²) in [5.74, 6) is -4.44. The number of aliphatic carboxylic acids is 1. The Hall–Kier alpha value is -1.41. The number of ether oxygens (including phenoxy) is 2. The number of halogens is 3. The number of Topliss-reactive ketones (excluding diaryl/α,β-unsaturated/α-hetero) is 1. The molecule has 0 spiro atoms. The van der Waals surface area contributed by atoms with Crippen LogP contribution in [0.4, 0.5) is 13.2 Å². The SMILES string of the molecule is C=CCOCCOC(C(=O)O)C(=O)C(F)(F)F. The average molecular weight is 256 g/mol. The minimum atomic E-state index is -5.25. The van der Waals surface area contributed by atoms with Gasteiger partial charge in [0.05, 0.1) is 19.8 Å². The zero-order chi connectivity index (χ0) is 13.5. The Labute approximate surface area is 94.8 Å². The van der Waals surface area contributed by atoms with Gasteiger partial charge < -0.3 is 14.6 Å². The number of carbonyl (C=O) groups excluding carboxylic acids is 1. The van der Waals surface area contributed by atoms with Crippen molar-refractivity contribution < 1.29 is 37.3 Å². The van der Waals surface area contributed by atoms with Gasteiger partial charge in [-0.3, -0.25) is 4.79 Å². The average Bonchev–Trinajstić information content (AvgIpc) is 2.20. The van der Waals surface area contributed by atoms with Gasteiger partial charge in [-0.05, 0) is 0 Å². The molecule has 0 aromatic heterocycles. The van der Waals surface area contributed by atoms with Crippen LogP contribution < -0.4 is 0 Å². The summed E-state index contributed by atoms with van der Waals surface area (Å²) in [5, 5.41) is 8.41. The van der Waals surface area contributed by atoms with Crippen molar-refractivity contribution in [2.45, 2.75) is 12.3 Å². The molecule has 1 unspecified atom stereocenters. The standard InChI is InChI=1S/C9H11F3O5/c1-2-3-16-4-5-17-6(8(14)15)7(13)9(10,11)12/h2,6H,1,3-5H2,(H,14,15). The summed E-state index contributed by atoms with van der Waals surface area (Å²) in [5.41, 5.74) is 0. The maximum Gasteiger partial charge on any atom is 0.453 e. The van der Waals surface area contributed by atoms with Crippen LogP contribution in [0.5, 0.6) is 0 Å². The first kappa shape index (κ1) is 15.6. The van der Waals surface area contributed by atoms with Crippen molar-refractivity contribution in [2.75, 3.05) is 19.8 Å². The van der Waals surface area contributed by atoms with E-state index < -0.39 is 30.6 Å². The number of hydrogen-bond donors (Lipinski definition) is 1. The van der Waals surface area contributed by atoms with Gasteiger partial charge in [-0.15, -0.1) is 6.58 Å². The molecule has 0 aliphatic heterocycles. The van der Waals surface area contributed by atoms with Crippen molar-refractivity contribution in [3.8, 4) is 0 Å². The third-order valence-electron chi connectivity index (χ3n) is 1.49. The predicted molar refractivity (Wildman–Crippen MR) is 49.5 cm³/mol. The van der Waals surface area contributed by atoms with Crippen LogP contribution in [-0.4, -0.2) is 49.0 Å². The van der Waals surface area contributed by atoms with Crippen molar-refractivity contribution in [3.63, 3.8) is 0 Å². The highest BCUT2D eigenvalue weighted by atomic mass is 19.4. The number of hydrogen-bond acceptors (Lipinski definition) is 4. The minimum absolute atomic E-state index is 0.138. The molecule has 0 aromatic carbocycles. The lowest BCUT2D eigenvalue weighted by Crippen LogP contribution is -2.42. The molecule has 0 fully saturated rings. The van der Waals surface area contributed by atoms with Gasteiger partial charge >= 0.3 is 12.1 Å². The van der Waals surface area contributed by atoms with Crippen LogP contribution in [0.2, 0.25) is 0 Å². The van der Waals surface area contributed by atoms with Gasteiger partial charge in [0.1, 0.15) is 0 Å². The van der Waals surface area contributed by atoms with E-state index in [1.54, 1.807) is 0 Å². The molecule has 8 heteroatoms. The molecule has 0 aliphatic rings. The van der Waals surface area contributed by atoms with Crippen LogP contribution in [-0.2, 0) is 19.1 Å². The van der Waals surface area contributed by atoms with E-state index in [1.165, 1.54) is 6.08 Å². The van der Waals surface area contributed by atoms with Crippen LogP contribution in [0.25, 0.3) is 0 Å². The van der Waals surface area contributed by atoms with Crippen molar-refractivity contribution in [1.29, 1.82) is 0 Å². The number of alkyl halides is 3. The van der Waals surface area contributed by atoms with E-state index >= 15 is 0 Å². The fraction of sp³-hybridized carbons (Fsp3) is 0.556. The third kappa shape index (κ3) is 6.03. The van der Waals surface area contributed by atoms with Crippen LogP contribution >= 0.6 is 0 Å². The normalized spacial score (nSPS) is 13.1. The molecule has 0 saturated heterocycles. The first-order valence-electron chi connectivity index (χ1n) is 4.44. The molecule has 0 rings (SSSR count). The van der Waals surface area contributed by atoms with E-state index in [4.69, 9.17) is 9.84 Å². The highest BCUT2D eigenvalue weighted by Crippen LogP contribution is 2.19. The Morgan fingerprint density at radius 3 is 2.35 bits per heavy atom. The van der Waals surface area contributed by atoms with Crippen LogP contribution in [0.3, 0.4) is 0 Å². The van der Waals surface area contributed by atoms with Gasteiger partial charge in [0.15, 0.2) is 0 Å². The second kappa shape index (κ2) is 7.02. The number of ketones is 1. The highest BCUT2D eigenvalue weighted by Gasteiger charge is 2.47. The molecule has 0 saturated carbocycles. The number of carbonyl (C=O) groups is 2. The molecule has 1 atom stereocenters. The van der Waals surface area contributed by atoms with Crippen molar-refractivity contribution in [1.82, 2.24) is 0 Å². The summed E-state index contributed by atoms with van der Waals surface area (Å²) < 4.78 is 44.9. The Morgan fingerprint density at radius 2 is 1.94 bits per heavy atom. The molecule has 0 aromatic rings. The molecule has 17 heavy (non-hydrogen) atoms. The largest absolute Gasteiger partial charge is 0.479 e. The van der Waals surface area contributed by atoms with Crippen LogP contribution in [0.1, 0.15) is 0 Å². The predicted octanol–water partition coefficient (Wildman–Crippen LogP) is 0.790. The minimum Gasteiger partial charge on any atom is -0.479 e. The number of rotatable bonds is 8. The lowest BCUT2D eigenvalue weighted by molar-refractivity contribution is -0.188. The molecular weight excluding hydrogens is 245 g/mol. The van der Waals surface area contributed by atoms with E-state index in [0.717, 1.165) is 0 Å². The molecule has 1 N–H and O–H groups in total. The lowest BCUT2D eigenvalue weighted by Gasteiger charge is -2.14. The quantitative estimate of drug-likeness (QED) is 0.395. The first-order chi connectivity index (χ1) is 7.80. The van der Waals surface area contributed by atoms with Gasteiger partial charge in [-0.25, -0.2) is 4.79 Å². The summed E-state index contributed by atoms with van der Waals surface area (Å²) in [6.07, 6.45) is -6.40. The smallest absolute Gasteiger partial charge is 0.453 e. The highest BCUT2D eigenvalue weighted by molar-refractivity contribution is 6.04. The van der Waals surface area contributed by atoms with E-state index in [1.807, 2.05) is 0 Å². The monoisotopic (exact) mass is 256 g/mol. The third-order valence-corrected chi connectivity index (χ3v) is 1.49. The summed E-state index contributed by atoms with van der Waals surface area (Å²) in [6, 6.07) is 0. The number of carboxylic acid groups (broad SMARTS) is 1. The molecular formula is C9H11F3O5. The Bertz CT molecular complexity index is 287. The van der Waals surface area contributed by atoms with Crippen molar-refractivity contribution in [2.24, 2.45) is 0 Å². The lowest BCUT2D eigenvalue weighted by atomic mass is 10.2. The van der Waals surface area contributed by atoms with E-state index in [0.29, 0.717) is 0 Å². The summed E-state index contributed by atoms with van der Waals surface area (Å²) in [7, 11) is 0. The zero-order valence-electron chi connectivity index (χ0n) is 8.70. The Kier molecular flexibility index (Phi) is 6.44. The van der Waals surface area contributed by atoms with Crippen LogP contribution in [0, 0.1) is 0 Å². The van der Waals surface area contributed by atoms with Crippen molar-refractivity contribution in [3.05, 3.63) is 12.7 Å². The number of carboxylic acids is 1. The summed E-state index contributed by atoms with van der Waals surface area (Å²) in [6.45, 7) is 2.89. The molecule has 98 valence electrons. The van der Waals surface area contributed by atoms with E-state index in [9.17, 15) is 22.8 Å². The molecule has 0 heterocycles. The van der Waals surface area contributed by atoms with Crippen molar-refractivity contribution >= 4 is 11.8 Å². The first-order valence-corrected chi connectivity index (χ1v) is 4.44. The maximum absolute atomic E-state index is 12.0. The molecule has 5 nitrogen and oxygen atoms in total. The van der Waals surface area contributed by atoms with E-state index in [2.05, 4.69) is 11.3 Å². The second-order valence-corrected chi connectivity index (χ2v) is 2.81. The molecule has 0 radical (unpaired) electrons. The summed E-state index contributed by atoms with van der Waals surface area (Å²) in [4.78, 5) is 21.0. The molecule has 0 amide bonds. The Morgan fingerprint density at radius 1 is 1.35 bits per heavy atom. The van der Waals surface area contributed by atoms with Gasteiger partial charge in [0, 0.05) is 0 Å². The Balaban J connectivity index is 4.22. The topological polar surface area (TPSA) is 72.8 Å². The molecule has 0 aliphatic carbocycles. The summed E-state index contributed by atoms with van der Waals surface area (Å²) >= 11 is 0. The maximum atomic E-state index is 12.0. The second-order valence-electron chi connectivity index (χ2n) is 2.81. The van der Waals surface area contributed by atoms with Crippen LogP contribution in [0.15, 0.2) is 12.7 Å². The molecule has 0 bridgehead atoms. The fourth-order valence-electron chi connectivity index (χ4n) is 0.799. The van der Waals surface area contributed by atoms with Gasteiger partial charge in [0.25, 0.3) is 5.78 Å². The van der Waals surface area contributed by atoms with Gasteiger partial charge in [-0.2, -0.15) is 13.2 Å². The fourth-order valence-corrected chi connectivity index (χ4v) is 0.799.